The van der Waals surface area contributed by atoms with Crippen LogP contribution in [0.2, 0.25) is 0 Å². The molecule has 1 atom stereocenters. The highest BCUT2D eigenvalue weighted by molar-refractivity contribution is 5.98. The lowest BCUT2D eigenvalue weighted by Crippen LogP contribution is -2.39. The minimum atomic E-state index is -0.153. The van der Waals surface area contributed by atoms with Gasteiger partial charge in [0.05, 0.1) is 17.8 Å². The number of amides is 3. The van der Waals surface area contributed by atoms with Crippen LogP contribution in [0.5, 0.6) is 11.5 Å². The molecule has 192 valence electrons. The van der Waals surface area contributed by atoms with Gasteiger partial charge in [-0.15, -0.1) is 0 Å². The lowest BCUT2D eigenvalue weighted by Gasteiger charge is -2.23. The van der Waals surface area contributed by atoms with Gasteiger partial charge in [-0.25, -0.2) is 4.52 Å². The fourth-order valence-electron chi connectivity index (χ4n) is 5.08. The van der Waals surface area contributed by atoms with E-state index in [1.165, 1.54) is 0 Å². The second-order valence-electron chi connectivity index (χ2n) is 9.49. The van der Waals surface area contributed by atoms with Crippen LogP contribution in [0.15, 0.2) is 42.9 Å². The Hall–Kier alpha value is -4.34. The number of nitrogens with zero attached hydrogens (tertiary/aromatic N) is 5. The number of hydrogen-bond acceptors (Lipinski definition) is 5. The van der Waals surface area contributed by atoms with E-state index < -0.39 is 0 Å². The summed E-state index contributed by atoms with van der Waals surface area (Å²) in [5.41, 5.74) is 4.33. The Bertz CT molecular complexity index is 1550. The molecule has 37 heavy (non-hydrogen) atoms. The number of ether oxygens (including phenoxy) is 1. The van der Waals surface area contributed by atoms with Gasteiger partial charge in [-0.1, -0.05) is 0 Å². The lowest BCUT2D eigenvalue weighted by atomic mass is 10.1. The fourth-order valence-corrected chi connectivity index (χ4v) is 5.08. The Morgan fingerprint density at radius 3 is 2.70 bits per heavy atom. The van der Waals surface area contributed by atoms with Crippen molar-refractivity contribution in [1.29, 1.82) is 0 Å². The predicted octanol–water partition coefficient (Wildman–Crippen LogP) is 3.05. The molecule has 1 aliphatic heterocycles. The molecule has 0 unspecified atom stereocenters. The maximum absolute atomic E-state index is 13.4. The number of likely N-dealkylation sites (N-methyl/N-ethyl adjacent to an activating group) is 1. The number of aryl methyl sites for hydroxylation is 2. The summed E-state index contributed by atoms with van der Waals surface area (Å²) in [5.74, 6) is 0.931. The van der Waals surface area contributed by atoms with Crippen LogP contribution in [0.3, 0.4) is 0 Å². The summed E-state index contributed by atoms with van der Waals surface area (Å²) in [6, 6.07) is 7.40. The first-order valence-corrected chi connectivity index (χ1v) is 12.2. The van der Waals surface area contributed by atoms with Gasteiger partial charge in [0, 0.05) is 64.2 Å². The Labute approximate surface area is 214 Å². The molecule has 0 aromatic carbocycles. The van der Waals surface area contributed by atoms with Crippen LogP contribution in [-0.4, -0.2) is 74.8 Å². The maximum atomic E-state index is 13.4. The number of nitrogens with one attached hydrogen (secondary N) is 1. The van der Waals surface area contributed by atoms with E-state index >= 15 is 0 Å². The molecule has 1 N–H and O–H groups in total. The summed E-state index contributed by atoms with van der Waals surface area (Å²) in [6.45, 7) is 6.43. The summed E-state index contributed by atoms with van der Waals surface area (Å²) in [7, 11) is 3.39. The summed E-state index contributed by atoms with van der Waals surface area (Å²) in [6.07, 6.45) is 5.93. The molecule has 0 bridgehead atoms. The highest BCUT2D eigenvalue weighted by Gasteiger charge is 2.32. The third-order valence-corrected chi connectivity index (χ3v) is 7.22. The van der Waals surface area contributed by atoms with E-state index in [0.717, 1.165) is 23.1 Å². The first-order chi connectivity index (χ1) is 17.7. The van der Waals surface area contributed by atoms with Gasteiger partial charge >= 0.3 is 0 Å². The van der Waals surface area contributed by atoms with Crippen molar-refractivity contribution in [3.05, 3.63) is 65.2 Å². The zero-order chi connectivity index (χ0) is 26.4. The number of carbonyl (C=O) groups excluding carboxylic acids is 3. The predicted molar refractivity (Wildman–Crippen MR) is 138 cm³/mol. The van der Waals surface area contributed by atoms with Crippen molar-refractivity contribution in [3.8, 4) is 11.5 Å². The molecule has 1 saturated heterocycles. The second-order valence-corrected chi connectivity index (χ2v) is 9.49. The minimum Gasteiger partial charge on any atom is -0.455 e. The van der Waals surface area contributed by atoms with Crippen molar-refractivity contribution in [2.24, 2.45) is 0 Å². The van der Waals surface area contributed by atoms with E-state index in [0.29, 0.717) is 41.4 Å². The number of aromatic nitrogens is 3. The number of pyridine rings is 1. The van der Waals surface area contributed by atoms with E-state index in [1.54, 1.807) is 59.9 Å². The minimum absolute atomic E-state index is 0.00516. The number of fused-ring (bicyclic) bond motifs is 2. The zero-order valence-electron chi connectivity index (χ0n) is 21.6. The van der Waals surface area contributed by atoms with E-state index in [-0.39, 0.29) is 23.8 Å². The molecule has 4 aromatic rings. The topological polar surface area (TPSA) is 101 Å². The molecule has 1 aliphatic rings. The van der Waals surface area contributed by atoms with Gasteiger partial charge in [-0.2, -0.15) is 5.10 Å². The van der Waals surface area contributed by atoms with E-state index in [9.17, 15) is 14.4 Å². The van der Waals surface area contributed by atoms with Crippen LogP contribution in [0, 0.1) is 13.8 Å². The summed E-state index contributed by atoms with van der Waals surface area (Å²) in [4.78, 5) is 40.9. The smallest absolute Gasteiger partial charge is 0.268 e. The normalized spacial score (nSPS) is 15.4. The van der Waals surface area contributed by atoms with E-state index in [1.807, 2.05) is 36.6 Å². The van der Waals surface area contributed by atoms with Gasteiger partial charge in [0.1, 0.15) is 17.0 Å². The molecule has 3 amide bonds. The average Bonchev–Trinajstić information content (AvgIpc) is 3.58. The first kappa shape index (κ1) is 24.4. The second kappa shape index (κ2) is 9.27. The van der Waals surface area contributed by atoms with Crippen molar-refractivity contribution in [2.45, 2.75) is 33.2 Å². The molecule has 10 nitrogen and oxygen atoms in total. The van der Waals surface area contributed by atoms with Crippen molar-refractivity contribution < 1.29 is 19.1 Å². The van der Waals surface area contributed by atoms with Crippen LogP contribution >= 0.6 is 0 Å². The number of rotatable bonds is 5. The van der Waals surface area contributed by atoms with Crippen LogP contribution in [0.25, 0.3) is 11.0 Å². The van der Waals surface area contributed by atoms with Gasteiger partial charge in [0.15, 0.2) is 5.75 Å². The molecule has 10 heteroatoms. The lowest BCUT2D eigenvalue weighted by molar-refractivity contribution is -0.129. The number of carbonyl (C=O) groups is 3. The van der Waals surface area contributed by atoms with Gasteiger partial charge in [-0.05, 0) is 43.5 Å². The fraction of sp³-hybridized carbons (Fsp3) is 0.333. The molecule has 5 heterocycles. The quantitative estimate of drug-likeness (QED) is 0.452. The molecular weight excluding hydrogens is 472 g/mol. The highest BCUT2D eigenvalue weighted by atomic mass is 16.5. The van der Waals surface area contributed by atoms with Crippen LogP contribution < -0.4 is 10.1 Å². The van der Waals surface area contributed by atoms with Gasteiger partial charge < -0.3 is 24.3 Å². The Balaban J connectivity index is 1.44. The van der Waals surface area contributed by atoms with Crippen molar-refractivity contribution >= 4 is 28.8 Å². The van der Waals surface area contributed by atoms with Crippen LogP contribution in [0.4, 0.5) is 0 Å². The summed E-state index contributed by atoms with van der Waals surface area (Å²) < 4.78 is 9.76. The maximum Gasteiger partial charge on any atom is 0.268 e. The Morgan fingerprint density at radius 2 is 1.97 bits per heavy atom. The third kappa shape index (κ3) is 4.18. The molecule has 0 spiro atoms. The van der Waals surface area contributed by atoms with Crippen molar-refractivity contribution in [2.75, 3.05) is 27.2 Å². The highest BCUT2D eigenvalue weighted by Crippen LogP contribution is 2.32. The van der Waals surface area contributed by atoms with E-state index in [4.69, 9.17) is 4.74 Å². The summed E-state index contributed by atoms with van der Waals surface area (Å²) >= 11 is 0. The standard InChI is InChI=1S/C27H30N6O4/c1-16-12-20-13-21(8-11-32(20)24(16)26(35)28-4)37-23-6-9-29-33-15-22(17(2)25(23)33)27(36)31-10-7-19(14-31)30(5)18(3)34/h6,8-9,11-13,15,19H,7,10,14H2,1-5H3,(H,28,35)/t19-/m1/s1. The first-order valence-electron chi connectivity index (χ1n) is 12.2. The van der Waals surface area contributed by atoms with Crippen LogP contribution in [-0.2, 0) is 4.79 Å². The number of likely N-dealkylation sites (tertiary alicyclic amines) is 1. The van der Waals surface area contributed by atoms with Gasteiger partial charge in [0.25, 0.3) is 11.8 Å². The molecular formula is C27H30N6O4. The van der Waals surface area contributed by atoms with Crippen molar-refractivity contribution in [3.63, 3.8) is 0 Å². The molecule has 0 saturated carbocycles. The van der Waals surface area contributed by atoms with Crippen LogP contribution in [0.1, 0.15) is 45.3 Å². The Morgan fingerprint density at radius 1 is 1.19 bits per heavy atom. The molecule has 1 fully saturated rings. The van der Waals surface area contributed by atoms with Gasteiger partial charge in [-0.3, -0.25) is 14.4 Å². The monoisotopic (exact) mass is 502 g/mol. The SMILES string of the molecule is CNC(=O)c1c(C)cc2cc(Oc3ccnn4cc(C(=O)N5CC[C@@H](N(C)C(C)=O)C5)c(C)c34)ccn12. The summed E-state index contributed by atoms with van der Waals surface area (Å²) in [5, 5.41) is 7.07. The molecule has 0 radical (unpaired) electrons. The van der Waals surface area contributed by atoms with Crippen molar-refractivity contribution in [1.82, 2.24) is 29.1 Å². The Kier molecular flexibility index (Phi) is 6.10. The molecule has 0 aliphatic carbocycles. The average molecular weight is 503 g/mol. The van der Waals surface area contributed by atoms with E-state index in [2.05, 4.69) is 10.4 Å². The third-order valence-electron chi connectivity index (χ3n) is 7.22. The molecule has 5 rings (SSSR count). The largest absolute Gasteiger partial charge is 0.455 e. The van der Waals surface area contributed by atoms with Gasteiger partial charge in [0.2, 0.25) is 5.91 Å². The zero-order valence-corrected chi connectivity index (χ0v) is 21.6. The molecule has 4 aromatic heterocycles. The number of hydrogen-bond donors (Lipinski definition) is 1.